The van der Waals surface area contributed by atoms with Gasteiger partial charge in [-0.3, -0.25) is 76.7 Å². The Kier molecular flexibility index (Phi) is 54.7. The zero-order chi connectivity index (χ0) is 108. The molecule has 0 amide bonds. The van der Waals surface area contributed by atoms with Crippen LogP contribution in [0.5, 0.6) is 0 Å². The van der Waals surface area contributed by atoms with Gasteiger partial charge in [0, 0.05) is 41.4 Å². The third-order valence-electron chi connectivity index (χ3n) is 33.6. The highest BCUT2D eigenvalue weighted by Gasteiger charge is 2.52. The van der Waals surface area contributed by atoms with Gasteiger partial charge < -0.3 is 0 Å². The van der Waals surface area contributed by atoms with E-state index >= 15 is 0 Å². The number of rotatable bonds is 40. The maximum Gasteiger partial charge on any atom is 0.177 e. The molecule has 812 valence electrons. The molecule has 24 heteroatoms. The van der Waals surface area contributed by atoms with E-state index in [-0.39, 0.29) is 206 Å². The number of Topliss-reactive ketones (excluding diaryl/α,β-unsaturated/α-hetero) is 16. The van der Waals surface area contributed by atoms with Gasteiger partial charge in [0.1, 0.15) is 46.3 Å². The Morgan fingerprint density at radius 2 is 0.468 bits per heavy atom. The lowest BCUT2D eigenvalue weighted by molar-refractivity contribution is -0.142. The Morgan fingerprint density at radius 1 is 0.262 bits per heavy atom. The number of hydrogen-bond acceptors (Lipinski definition) is 16. The molecule has 0 aromatic carbocycles. The highest BCUT2D eigenvalue weighted by Crippen LogP contribution is 2.49. The second-order valence-corrected chi connectivity index (χ2v) is 48.9. The van der Waals surface area contributed by atoms with Gasteiger partial charge >= 0.3 is 0 Å². The van der Waals surface area contributed by atoms with E-state index in [1.165, 1.54) is 6.92 Å². The summed E-state index contributed by atoms with van der Waals surface area (Å²) >= 11 is 0. The van der Waals surface area contributed by atoms with Crippen molar-refractivity contribution in [1.29, 1.82) is 0 Å². The van der Waals surface area contributed by atoms with Gasteiger partial charge in [-0.1, -0.05) is 185 Å². The van der Waals surface area contributed by atoms with Gasteiger partial charge in [-0.05, 0) is 322 Å². The van der Waals surface area contributed by atoms with Crippen LogP contribution in [-0.2, 0) is 76.7 Å². The molecule has 0 aromatic rings. The Morgan fingerprint density at radius 3 is 0.688 bits per heavy atom. The lowest BCUT2D eigenvalue weighted by Gasteiger charge is -2.38. The van der Waals surface area contributed by atoms with Gasteiger partial charge in [0.05, 0.1) is 51.4 Å². The van der Waals surface area contributed by atoms with Crippen molar-refractivity contribution >= 4 is 92.5 Å². The molecular formula is C117H192F8O16. The van der Waals surface area contributed by atoms with E-state index in [4.69, 9.17) is 0 Å². The molecule has 0 heterocycles. The summed E-state index contributed by atoms with van der Waals surface area (Å²) in [5.74, 6) is -5.03. The van der Waals surface area contributed by atoms with Crippen LogP contribution in [0, 0.1) is 68.0 Å². The molecule has 0 atom stereocenters. The molecule has 0 aromatic heterocycles. The fourth-order valence-electron chi connectivity index (χ4n) is 20.7. The molecule has 0 saturated heterocycles. The minimum absolute atomic E-state index is 0.0147. The first kappa shape index (κ1) is 131. The van der Waals surface area contributed by atoms with Crippen LogP contribution in [0.2, 0.25) is 0 Å². The third kappa shape index (κ3) is 44.2. The van der Waals surface area contributed by atoms with E-state index in [9.17, 15) is 112 Å². The van der Waals surface area contributed by atoms with Crippen LogP contribution in [0.3, 0.4) is 0 Å². The average molecular weight is 2010 g/mol. The molecule has 9 rings (SSSR count). The second-order valence-electron chi connectivity index (χ2n) is 48.9. The van der Waals surface area contributed by atoms with Gasteiger partial charge in [-0.2, -0.15) is 0 Å². The smallest absolute Gasteiger partial charge is 0.177 e. The zero-order valence-electron chi connectivity index (χ0n) is 92.3. The molecule has 0 bridgehead atoms. The Balaban J connectivity index is 0.000000546. The standard InChI is InChI=1S/C17H27FO2.C17H29FO2.C16H27FO2.C15H25FO2.3C14H23FO2.C10H15FO2/c1-16(2)10-6-13(7-11-16)14(19)12-15(20)17(18)8-4-3-5-9-17;1-6-16(5,7-2)13(19)12-14(20)17(18)10-8-15(3,4)9-11-17;1-5-12(6-2)13(18)11-14(19)16(17)9-7-15(3,4)8-10-16;1-11(2)9-12(17)10-13(18)15(16)7-5-14(3,4)6-8-15;1-10(2)11(16)9-12(17)14(15)7-5-13(3,4)6-8-14;2*1-3-11(4-2)12(16)10-13(17)14(15)8-6-5-7-9-14;1-8(12)7-9(13)10(11)5-3-2-4-6-10/h13H,3-12H2,1-2H3;6-12H2,1-5H3;12H,5-11H2,1-4H3;11H,5-10H2,1-4H3;10H,5-9H2,1-4H3;2*11H,3-10H2,1-2H3;2-7H2,1H3. The average Bonchev–Trinajstić information content (AvgIpc) is 0.801. The number of halogens is 8. The first-order valence-corrected chi connectivity index (χ1v) is 55.0. The number of carbonyl (C=O) groups excluding carboxylic acids is 16. The summed E-state index contributed by atoms with van der Waals surface area (Å²) in [5.41, 5.74) is -13.5. The molecule has 9 saturated carbocycles. The first-order chi connectivity index (χ1) is 65.1. The number of alkyl halides is 8. The predicted octanol–water partition coefficient (Wildman–Crippen LogP) is 30.1. The van der Waals surface area contributed by atoms with Crippen molar-refractivity contribution in [3.05, 3.63) is 0 Å². The largest absolute Gasteiger partial charge is 0.300 e. The third-order valence-corrected chi connectivity index (χ3v) is 33.6. The molecule has 16 nitrogen and oxygen atoms in total. The molecular weight excluding hydrogens is 1810 g/mol. The SMILES string of the molecule is CC(=O)CC(=O)C1(F)CCCCC1.CC(C)C(=O)CC(=O)C1(F)CCC(C)(C)CC1.CC(C)CC(=O)CC(=O)C1(F)CCC(C)(C)CC1.CC1(C)CCC(C(=O)CC(=O)C2(F)CCCCC2)CC1.CCC(C)(CC)C(=O)CC(=O)C1(F)CCC(C)(C)CC1.CCC(CC)C(=O)CC(=O)C1(F)CCC(C)(C)CC1.CCC(CC)C(=O)CC(=O)C1(F)CCCCC1.CCC(CC)C(=O)CC(=O)C1(F)CCCCC1. The van der Waals surface area contributed by atoms with Crippen molar-refractivity contribution in [2.75, 3.05) is 0 Å². The van der Waals surface area contributed by atoms with Gasteiger partial charge in [0.2, 0.25) is 0 Å². The summed E-state index contributed by atoms with van der Waals surface area (Å²) < 4.78 is 115. The minimum Gasteiger partial charge on any atom is -0.300 e. The van der Waals surface area contributed by atoms with E-state index in [0.717, 1.165) is 141 Å². The molecule has 0 unspecified atom stereocenters. The van der Waals surface area contributed by atoms with E-state index in [2.05, 4.69) is 69.2 Å². The monoisotopic (exact) mass is 2010 g/mol. The van der Waals surface area contributed by atoms with Crippen molar-refractivity contribution in [2.24, 2.45) is 68.0 Å². The van der Waals surface area contributed by atoms with Crippen LogP contribution >= 0.6 is 0 Å². The summed E-state index contributed by atoms with van der Waals surface area (Å²) in [6, 6.07) is 0. The van der Waals surface area contributed by atoms with Crippen molar-refractivity contribution < 1.29 is 112 Å². The molecule has 0 N–H and O–H groups in total. The summed E-state index contributed by atoms with van der Waals surface area (Å²) in [4.78, 5) is 189. The summed E-state index contributed by atoms with van der Waals surface area (Å²) in [6.45, 7) is 47.3. The Hall–Kier alpha value is -5.84. The van der Waals surface area contributed by atoms with Gasteiger partial charge in [0.15, 0.2) is 91.6 Å². The lowest BCUT2D eigenvalue weighted by Crippen LogP contribution is -2.42. The van der Waals surface area contributed by atoms with Crippen LogP contribution in [0.15, 0.2) is 0 Å². The van der Waals surface area contributed by atoms with Crippen molar-refractivity contribution in [3.8, 4) is 0 Å². The van der Waals surface area contributed by atoms with Crippen LogP contribution in [0.4, 0.5) is 35.1 Å². The number of ketones is 16. The molecule has 141 heavy (non-hydrogen) atoms. The number of hydrogen-bond donors (Lipinski definition) is 0. The van der Waals surface area contributed by atoms with Gasteiger partial charge in [0.25, 0.3) is 0 Å². The Labute approximate surface area is 845 Å². The minimum atomic E-state index is -1.77. The highest BCUT2D eigenvalue weighted by atomic mass is 19.2. The molecule has 0 spiro atoms. The van der Waals surface area contributed by atoms with Crippen LogP contribution in [0.25, 0.3) is 0 Å². The van der Waals surface area contributed by atoms with Crippen LogP contribution < -0.4 is 0 Å². The lowest BCUT2D eigenvalue weighted by atomic mass is 9.69. The number of carbonyl (C=O) groups is 16. The van der Waals surface area contributed by atoms with Gasteiger partial charge in [-0.25, -0.2) is 35.1 Å². The fourth-order valence-corrected chi connectivity index (χ4v) is 20.7. The van der Waals surface area contributed by atoms with Gasteiger partial charge in [-0.15, -0.1) is 0 Å². The molecule has 0 aliphatic heterocycles. The fraction of sp³-hybridized carbons (Fsp3) is 0.863. The van der Waals surface area contributed by atoms with Crippen molar-refractivity contribution in [2.45, 2.75) is 578 Å². The molecule has 0 radical (unpaired) electrons. The summed E-state index contributed by atoms with van der Waals surface area (Å²) in [6.07, 6.45) is 28.7. The topological polar surface area (TPSA) is 273 Å². The quantitative estimate of drug-likeness (QED) is 0.0407. The van der Waals surface area contributed by atoms with Crippen LogP contribution in [-0.4, -0.2) is 138 Å². The van der Waals surface area contributed by atoms with E-state index < -0.39 is 97.0 Å². The van der Waals surface area contributed by atoms with E-state index in [0.29, 0.717) is 127 Å². The first-order valence-electron chi connectivity index (χ1n) is 55.0. The maximum absolute atomic E-state index is 14.8. The maximum atomic E-state index is 14.8. The molecule has 9 aliphatic rings. The normalized spacial score (nSPS) is 21.7. The highest BCUT2D eigenvalue weighted by molar-refractivity contribution is 6.08. The molecule has 9 fully saturated rings. The second kappa shape index (κ2) is 58.8. The summed E-state index contributed by atoms with van der Waals surface area (Å²) in [5, 5.41) is 0. The predicted molar refractivity (Wildman–Crippen MR) is 546 cm³/mol. The Bertz CT molecular complexity index is 3930. The van der Waals surface area contributed by atoms with E-state index in [1.807, 2.05) is 76.2 Å². The van der Waals surface area contributed by atoms with Crippen LogP contribution in [0.1, 0.15) is 532 Å². The van der Waals surface area contributed by atoms with E-state index in [1.54, 1.807) is 13.8 Å². The van der Waals surface area contributed by atoms with Crippen molar-refractivity contribution in [1.82, 2.24) is 0 Å². The molecule has 9 aliphatic carbocycles. The summed E-state index contributed by atoms with van der Waals surface area (Å²) in [7, 11) is 0. The zero-order valence-corrected chi connectivity index (χ0v) is 92.3. The van der Waals surface area contributed by atoms with Crippen molar-refractivity contribution in [3.63, 3.8) is 0 Å².